The highest BCUT2D eigenvalue weighted by molar-refractivity contribution is 7.89. The van der Waals surface area contributed by atoms with Gasteiger partial charge in [-0.3, -0.25) is 9.59 Å². The Balaban J connectivity index is 1.62. The van der Waals surface area contributed by atoms with Crippen molar-refractivity contribution in [2.45, 2.75) is 18.4 Å². The van der Waals surface area contributed by atoms with Crippen LogP contribution in [0, 0.1) is 0 Å². The van der Waals surface area contributed by atoms with Crippen molar-refractivity contribution in [2.24, 2.45) is 0 Å². The number of ketones is 1. The number of Topliss-reactive ketones (excluding diaryl/α,β-unsaturated/α-hetero) is 1. The third kappa shape index (κ3) is 4.83. The normalized spacial score (nSPS) is 14.7. The standard InChI is InChI=1S/C20H22N2O5S/c1-15(23)17-6-8-19(9-7-17)28(25,26)21-14-16-2-4-18(5-3-16)20(24)22-10-12-27-13-11-22/h2-9,21H,10-14H2,1H3. The SMILES string of the molecule is CC(=O)c1ccc(S(=O)(=O)NCc2ccc(C(=O)N3CCOCC3)cc2)cc1. The molecule has 2 aromatic rings. The molecule has 1 saturated heterocycles. The number of amides is 1. The zero-order valence-electron chi connectivity index (χ0n) is 15.6. The molecule has 0 spiro atoms. The van der Waals surface area contributed by atoms with Crippen LogP contribution >= 0.6 is 0 Å². The van der Waals surface area contributed by atoms with Crippen LogP contribution in [-0.4, -0.2) is 51.3 Å². The Hall–Kier alpha value is -2.55. The molecule has 28 heavy (non-hydrogen) atoms. The van der Waals surface area contributed by atoms with Gasteiger partial charge in [-0.05, 0) is 36.8 Å². The number of nitrogens with one attached hydrogen (secondary N) is 1. The molecule has 2 aromatic carbocycles. The molecule has 0 bridgehead atoms. The molecule has 1 aliphatic rings. The van der Waals surface area contributed by atoms with E-state index in [1.54, 1.807) is 29.2 Å². The third-order valence-electron chi connectivity index (χ3n) is 4.54. The molecule has 0 aromatic heterocycles. The van der Waals surface area contributed by atoms with Gasteiger partial charge in [0.1, 0.15) is 0 Å². The van der Waals surface area contributed by atoms with Gasteiger partial charge in [-0.25, -0.2) is 13.1 Å². The number of carbonyl (C=O) groups excluding carboxylic acids is 2. The quantitative estimate of drug-likeness (QED) is 0.745. The van der Waals surface area contributed by atoms with Crippen molar-refractivity contribution in [3.63, 3.8) is 0 Å². The van der Waals surface area contributed by atoms with Crippen molar-refractivity contribution in [3.8, 4) is 0 Å². The average Bonchev–Trinajstić information content (AvgIpc) is 2.73. The zero-order chi connectivity index (χ0) is 20.1. The molecule has 0 unspecified atom stereocenters. The topological polar surface area (TPSA) is 92.8 Å². The van der Waals surface area contributed by atoms with Crippen LogP contribution in [0.3, 0.4) is 0 Å². The van der Waals surface area contributed by atoms with E-state index in [1.807, 2.05) is 0 Å². The van der Waals surface area contributed by atoms with Crippen molar-refractivity contribution in [1.29, 1.82) is 0 Å². The third-order valence-corrected chi connectivity index (χ3v) is 5.95. The number of hydrogen-bond donors (Lipinski definition) is 1. The number of benzene rings is 2. The Bertz CT molecular complexity index is 947. The molecule has 148 valence electrons. The summed E-state index contributed by atoms with van der Waals surface area (Å²) >= 11 is 0. The van der Waals surface area contributed by atoms with E-state index in [9.17, 15) is 18.0 Å². The Morgan fingerprint density at radius 1 is 0.964 bits per heavy atom. The zero-order valence-corrected chi connectivity index (χ0v) is 16.4. The summed E-state index contributed by atoms with van der Waals surface area (Å²) in [5, 5.41) is 0. The molecule has 1 aliphatic heterocycles. The van der Waals surface area contributed by atoms with Gasteiger partial charge >= 0.3 is 0 Å². The Morgan fingerprint density at radius 3 is 2.11 bits per heavy atom. The summed E-state index contributed by atoms with van der Waals surface area (Å²) < 4.78 is 32.6. The lowest BCUT2D eigenvalue weighted by Gasteiger charge is -2.26. The molecule has 0 aliphatic carbocycles. The summed E-state index contributed by atoms with van der Waals surface area (Å²) in [6, 6.07) is 12.6. The van der Waals surface area contributed by atoms with Gasteiger partial charge in [0.15, 0.2) is 5.78 Å². The summed E-state index contributed by atoms with van der Waals surface area (Å²) in [6.07, 6.45) is 0. The van der Waals surface area contributed by atoms with Crippen LogP contribution in [0.4, 0.5) is 0 Å². The highest BCUT2D eigenvalue weighted by atomic mass is 32.2. The van der Waals surface area contributed by atoms with Gasteiger partial charge in [0, 0.05) is 30.8 Å². The minimum atomic E-state index is -3.69. The van der Waals surface area contributed by atoms with E-state index in [1.165, 1.54) is 31.2 Å². The smallest absolute Gasteiger partial charge is 0.254 e. The summed E-state index contributed by atoms with van der Waals surface area (Å²) in [5.41, 5.74) is 1.76. The largest absolute Gasteiger partial charge is 0.378 e. The molecule has 3 rings (SSSR count). The van der Waals surface area contributed by atoms with Gasteiger partial charge in [-0.15, -0.1) is 0 Å². The van der Waals surface area contributed by atoms with E-state index in [-0.39, 0.29) is 23.1 Å². The monoisotopic (exact) mass is 402 g/mol. The summed E-state index contributed by atoms with van der Waals surface area (Å²) in [4.78, 5) is 25.6. The maximum atomic E-state index is 12.4. The molecular weight excluding hydrogens is 380 g/mol. The molecule has 0 atom stereocenters. The first-order valence-corrected chi connectivity index (χ1v) is 10.4. The fraction of sp³-hybridized carbons (Fsp3) is 0.300. The van der Waals surface area contributed by atoms with Crippen molar-refractivity contribution in [3.05, 3.63) is 65.2 Å². The van der Waals surface area contributed by atoms with Crippen molar-refractivity contribution in [1.82, 2.24) is 9.62 Å². The lowest BCUT2D eigenvalue weighted by molar-refractivity contribution is 0.0303. The fourth-order valence-corrected chi connectivity index (χ4v) is 3.86. The van der Waals surface area contributed by atoms with Crippen LogP contribution in [0.5, 0.6) is 0 Å². The molecule has 0 radical (unpaired) electrons. The van der Waals surface area contributed by atoms with E-state index >= 15 is 0 Å². The predicted octanol–water partition coefficient (Wildman–Crippen LogP) is 1.84. The molecule has 0 saturated carbocycles. The molecule has 1 N–H and O–H groups in total. The summed E-state index contributed by atoms with van der Waals surface area (Å²) in [5.74, 6) is -0.176. The summed E-state index contributed by atoms with van der Waals surface area (Å²) in [7, 11) is -3.69. The van der Waals surface area contributed by atoms with Crippen LogP contribution in [0.1, 0.15) is 33.2 Å². The first-order chi connectivity index (χ1) is 13.4. The first-order valence-electron chi connectivity index (χ1n) is 8.93. The van der Waals surface area contributed by atoms with Crippen molar-refractivity contribution < 1.29 is 22.7 Å². The van der Waals surface area contributed by atoms with Crippen LogP contribution in [0.2, 0.25) is 0 Å². The predicted molar refractivity (Wildman–Crippen MR) is 104 cm³/mol. The maximum absolute atomic E-state index is 12.4. The van der Waals surface area contributed by atoms with Gasteiger partial charge in [-0.2, -0.15) is 0 Å². The number of sulfonamides is 1. The molecule has 1 fully saturated rings. The van der Waals surface area contributed by atoms with E-state index in [0.29, 0.717) is 37.4 Å². The number of rotatable bonds is 6. The second-order valence-electron chi connectivity index (χ2n) is 6.51. The first kappa shape index (κ1) is 20.2. The molecule has 1 heterocycles. The van der Waals surface area contributed by atoms with E-state index in [0.717, 1.165) is 5.56 Å². The van der Waals surface area contributed by atoms with E-state index < -0.39 is 10.0 Å². The van der Waals surface area contributed by atoms with Gasteiger partial charge in [0.05, 0.1) is 18.1 Å². The van der Waals surface area contributed by atoms with Crippen LogP contribution in [0.15, 0.2) is 53.4 Å². The minimum Gasteiger partial charge on any atom is -0.378 e. The fourth-order valence-electron chi connectivity index (χ4n) is 2.84. The molecular formula is C20H22N2O5S. The van der Waals surface area contributed by atoms with Crippen LogP contribution in [-0.2, 0) is 21.3 Å². The highest BCUT2D eigenvalue weighted by Crippen LogP contribution is 2.13. The lowest BCUT2D eigenvalue weighted by atomic mass is 10.1. The van der Waals surface area contributed by atoms with Gasteiger partial charge in [0.2, 0.25) is 10.0 Å². The second kappa shape index (κ2) is 8.64. The van der Waals surface area contributed by atoms with Gasteiger partial charge in [-0.1, -0.05) is 24.3 Å². The number of carbonyl (C=O) groups is 2. The molecule has 7 nitrogen and oxygen atoms in total. The minimum absolute atomic E-state index is 0.0546. The summed E-state index contributed by atoms with van der Waals surface area (Å²) in [6.45, 7) is 3.75. The van der Waals surface area contributed by atoms with Crippen molar-refractivity contribution >= 4 is 21.7 Å². The van der Waals surface area contributed by atoms with E-state index in [2.05, 4.69) is 4.72 Å². The second-order valence-corrected chi connectivity index (χ2v) is 8.27. The Morgan fingerprint density at radius 2 is 1.54 bits per heavy atom. The lowest BCUT2D eigenvalue weighted by Crippen LogP contribution is -2.40. The number of morpholine rings is 1. The average molecular weight is 402 g/mol. The highest BCUT2D eigenvalue weighted by Gasteiger charge is 2.18. The van der Waals surface area contributed by atoms with Crippen LogP contribution in [0.25, 0.3) is 0 Å². The molecule has 1 amide bonds. The molecule has 8 heteroatoms. The Labute approximate surface area is 164 Å². The Kier molecular flexibility index (Phi) is 6.23. The van der Waals surface area contributed by atoms with Gasteiger partial charge < -0.3 is 9.64 Å². The van der Waals surface area contributed by atoms with E-state index in [4.69, 9.17) is 4.74 Å². The number of nitrogens with zero attached hydrogens (tertiary/aromatic N) is 1. The van der Waals surface area contributed by atoms with Crippen LogP contribution < -0.4 is 4.72 Å². The number of ether oxygens (including phenoxy) is 1. The van der Waals surface area contributed by atoms with Gasteiger partial charge in [0.25, 0.3) is 5.91 Å². The maximum Gasteiger partial charge on any atom is 0.254 e. The van der Waals surface area contributed by atoms with Crippen molar-refractivity contribution in [2.75, 3.05) is 26.3 Å². The number of hydrogen-bond acceptors (Lipinski definition) is 5.